The van der Waals surface area contributed by atoms with Gasteiger partial charge in [-0.1, -0.05) is 49.5 Å². The summed E-state index contributed by atoms with van der Waals surface area (Å²) in [5.41, 5.74) is 2.79. The van der Waals surface area contributed by atoms with E-state index in [1.54, 1.807) is 12.1 Å². The molecule has 0 aromatic heterocycles. The number of hydrogen-bond donors (Lipinski definition) is 1. The summed E-state index contributed by atoms with van der Waals surface area (Å²) in [6, 6.07) is 7.42. The number of rotatable bonds is 4. The van der Waals surface area contributed by atoms with Gasteiger partial charge >= 0.3 is 0 Å². The van der Waals surface area contributed by atoms with Crippen molar-refractivity contribution in [3.8, 4) is 0 Å². The molecule has 0 saturated carbocycles. The van der Waals surface area contributed by atoms with Crippen LogP contribution in [-0.2, 0) is 10.0 Å². The van der Waals surface area contributed by atoms with Gasteiger partial charge in [0.2, 0.25) is 0 Å². The molecule has 24 heavy (non-hydrogen) atoms. The van der Waals surface area contributed by atoms with Gasteiger partial charge in [0.15, 0.2) is 0 Å². The molecule has 2 aliphatic rings. The number of hydrogen-bond acceptors (Lipinski definition) is 3. The molecule has 3 rings (SSSR count). The Balaban J connectivity index is 1.89. The quantitative estimate of drug-likeness (QED) is 0.655. The predicted octanol–water partition coefficient (Wildman–Crippen LogP) is 3.69. The van der Waals surface area contributed by atoms with Crippen molar-refractivity contribution in [1.82, 2.24) is 9.84 Å². The third-order valence-corrected chi connectivity index (χ3v) is 9.64. The Morgan fingerprint density at radius 1 is 1.17 bits per heavy atom. The maximum atomic E-state index is 12.8. The maximum Gasteiger partial charge on any atom is 0.253 e. The van der Waals surface area contributed by atoms with Gasteiger partial charge in [-0.25, -0.2) is 13.4 Å². The number of nitrogens with one attached hydrogen (secondary N) is 1. The predicted molar refractivity (Wildman–Crippen MR) is 101 cm³/mol. The third-order valence-electron chi connectivity index (χ3n) is 5.47. The van der Waals surface area contributed by atoms with Crippen LogP contribution in [0.5, 0.6) is 0 Å². The van der Waals surface area contributed by atoms with E-state index in [0.29, 0.717) is 10.4 Å². The topological polar surface area (TPSA) is 49.4 Å². The summed E-state index contributed by atoms with van der Waals surface area (Å²) in [6.07, 6.45) is 3.13. The number of nitrogens with zero attached hydrogens (tertiary/aromatic N) is 1. The largest absolute Gasteiger partial charge is 0.253 e. The Morgan fingerprint density at radius 3 is 2.38 bits per heavy atom. The highest BCUT2D eigenvalue weighted by Crippen LogP contribution is 2.48. The molecule has 1 aromatic carbocycles. The highest BCUT2D eigenvalue weighted by Gasteiger charge is 2.49. The summed E-state index contributed by atoms with van der Waals surface area (Å²) in [5.74, 6) is 0. The smallest absolute Gasteiger partial charge is 0.220 e. The lowest BCUT2D eigenvalue weighted by molar-refractivity contribution is 0.119. The van der Waals surface area contributed by atoms with Crippen LogP contribution in [0.2, 0.25) is 25.2 Å². The molecule has 1 aromatic rings. The van der Waals surface area contributed by atoms with Crippen LogP contribution in [0.25, 0.3) is 0 Å². The van der Waals surface area contributed by atoms with Crippen molar-refractivity contribution in [2.75, 3.05) is 0 Å². The first-order valence-corrected chi connectivity index (χ1v) is 13.7. The van der Waals surface area contributed by atoms with Crippen LogP contribution >= 0.6 is 0 Å². The van der Waals surface area contributed by atoms with E-state index >= 15 is 0 Å². The molecular formula is C18H28N2O2SSi. The first-order chi connectivity index (χ1) is 11.1. The average Bonchev–Trinajstić information content (AvgIpc) is 2.65. The van der Waals surface area contributed by atoms with Gasteiger partial charge in [-0.15, -0.1) is 4.83 Å². The molecule has 0 radical (unpaired) electrons. The summed E-state index contributed by atoms with van der Waals surface area (Å²) in [4.78, 5) is 3.22. The molecule has 2 heterocycles. The van der Waals surface area contributed by atoms with E-state index in [-0.39, 0.29) is 12.1 Å². The molecule has 2 bridgehead atoms. The van der Waals surface area contributed by atoms with Crippen LogP contribution in [0.3, 0.4) is 0 Å². The van der Waals surface area contributed by atoms with Gasteiger partial charge in [-0.05, 0) is 43.9 Å². The molecule has 4 nitrogen and oxygen atoms in total. The van der Waals surface area contributed by atoms with E-state index in [1.807, 2.05) is 24.1 Å². The molecule has 2 aliphatic heterocycles. The Labute approximate surface area is 147 Å². The molecule has 2 saturated heterocycles. The Hall–Kier alpha value is -0.953. The number of piperidine rings is 1. The van der Waals surface area contributed by atoms with Crippen molar-refractivity contribution in [3.05, 3.63) is 42.0 Å². The van der Waals surface area contributed by atoms with E-state index in [1.165, 1.54) is 12.0 Å². The SMILES string of the molecule is C=C1C[C@@H]2CC[C@H]([Si](C)(C)C)[C@H]1N2NS(=O)(=O)c1ccc(C)cc1. The van der Waals surface area contributed by atoms with Gasteiger partial charge in [-0.3, -0.25) is 0 Å². The monoisotopic (exact) mass is 364 g/mol. The van der Waals surface area contributed by atoms with Crippen molar-refractivity contribution in [2.45, 2.75) is 68.3 Å². The molecule has 0 unspecified atom stereocenters. The highest BCUT2D eigenvalue weighted by atomic mass is 32.2. The van der Waals surface area contributed by atoms with Gasteiger partial charge in [0.25, 0.3) is 10.0 Å². The Bertz CT molecular complexity index is 737. The minimum Gasteiger partial charge on any atom is -0.220 e. The zero-order valence-electron chi connectivity index (χ0n) is 15.0. The van der Waals surface area contributed by atoms with Crippen LogP contribution in [0.1, 0.15) is 24.8 Å². The van der Waals surface area contributed by atoms with Crippen LogP contribution in [0.4, 0.5) is 0 Å². The van der Waals surface area contributed by atoms with Crippen molar-refractivity contribution in [1.29, 1.82) is 0 Å². The second-order valence-corrected chi connectivity index (χ2v) is 15.5. The summed E-state index contributed by atoms with van der Waals surface area (Å²) in [6.45, 7) is 13.3. The van der Waals surface area contributed by atoms with Gasteiger partial charge < -0.3 is 0 Å². The second kappa shape index (κ2) is 6.09. The van der Waals surface area contributed by atoms with Crippen molar-refractivity contribution >= 4 is 18.1 Å². The van der Waals surface area contributed by atoms with Crippen molar-refractivity contribution < 1.29 is 8.42 Å². The van der Waals surface area contributed by atoms with Gasteiger partial charge in [-0.2, -0.15) is 0 Å². The Morgan fingerprint density at radius 2 is 1.79 bits per heavy atom. The lowest BCUT2D eigenvalue weighted by Crippen LogP contribution is -2.56. The normalized spacial score (nSPS) is 28.3. The Kier molecular flexibility index (Phi) is 4.53. The molecule has 0 spiro atoms. The molecule has 0 amide bonds. The molecule has 6 heteroatoms. The second-order valence-electron chi connectivity index (χ2n) is 8.33. The average molecular weight is 365 g/mol. The third kappa shape index (κ3) is 3.25. The molecule has 132 valence electrons. The van der Waals surface area contributed by atoms with Crippen LogP contribution in [-0.4, -0.2) is 33.6 Å². The molecule has 3 atom stereocenters. The van der Waals surface area contributed by atoms with E-state index < -0.39 is 18.1 Å². The van der Waals surface area contributed by atoms with E-state index in [0.717, 1.165) is 18.4 Å². The maximum absolute atomic E-state index is 12.8. The lowest BCUT2D eigenvalue weighted by atomic mass is 10.0. The van der Waals surface area contributed by atoms with Crippen molar-refractivity contribution in [3.63, 3.8) is 0 Å². The van der Waals surface area contributed by atoms with Gasteiger partial charge in [0.05, 0.1) is 4.90 Å². The number of aryl methyl sites for hydroxylation is 1. The first kappa shape index (κ1) is 17.9. The fraction of sp³-hybridized carbons (Fsp3) is 0.556. The van der Waals surface area contributed by atoms with Crippen molar-refractivity contribution in [2.24, 2.45) is 0 Å². The standard InChI is InChI=1S/C18H28N2O2SSi/c1-13-6-9-16(10-7-13)23(21,22)19-20-15-8-11-17(24(3,4)5)18(20)14(2)12-15/h6-7,9-10,15,17-19H,2,8,11-12H2,1,3-5H3/t15-,17-,18-/m0/s1. The zero-order valence-corrected chi connectivity index (χ0v) is 16.9. The summed E-state index contributed by atoms with van der Waals surface area (Å²) < 4.78 is 25.6. The lowest BCUT2D eigenvalue weighted by Gasteiger charge is -2.44. The van der Waals surface area contributed by atoms with E-state index in [2.05, 4.69) is 31.1 Å². The molecular weight excluding hydrogens is 336 g/mol. The fourth-order valence-electron chi connectivity index (χ4n) is 4.14. The molecule has 0 aliphatic carbocycles. The minimum atomic E-state index is -3.54. The zero-order chi connectivity index (χ0) is 17.7. The number of benzene rings is 1. The fourth-order valence-corrected chi connectivity index (χ4v) is 7.66. The van der Waals surface area contributed by atoms with Crippen LogP contribution < -0.4 is 4.83 Å². The summed E-state index contributed by atoms with van der Waals surface area (Å²) in [7, 11) is -4.94. The summed E-state index contributed by atoms with van der Waals surface area (Å²) in [5, 5.41) is 2.00. The molecule has 2 fully saturated rings. The highest BCUT2D eigenvalue weighted by molar-refractivity contribution is 7.89. The molecule has 1 N–H and O–H groups in total. The number of hydrazine groups is 1. The number of sulfonamides is 1. The van der Waals surface area contributed by atoms with Gasteiger partial charge in [0, 0.05) is 20.2 Å². The number of fused-ring (bicyclic) bond motifs is 2. The van der Waals surface area contributed by atoms with E-state index in [4.69, 9.17) is 0 Å². The van der Waals surface area contributed by atoms with Gasteiger partial charge in [0.1, 0.15) is 0 Å². The van der Waals surface area contributed by atoms with E-state index in [9.17, 15) is 8.42 Å². The summed E-state index contributed by atoms with van der Waals surface area (Å²) >= 11 is 0. The van der Waals surface area contributed by atoms with Crippen LogP contribution in [0, 0.1) is 6.92 Å². The van der Waals surface area contributed by atoms with Crippen LogP contribution in [0.15, 0.2) is 41.3 Å². The minimum absolute atomic E-state index is 0.149. The first-order valence-electron chi connectivity index (χ1n) is 8.65.